The fourth-order valence-corrected chi connectivity index (χ4v) is 3.02. The molecule has 0 bridgehead atoms. The number of halogens is 1. The molecule has 0 saturated heterocycles. The number of carboxylic acid groups (broad SMARTS) is 1. The Bertz CT molecular complexity index is 500. The Hall–Kier alpha value is -1.30. The molecule has 19 heavy (non-hydrogen) atoms. The summed E-state index contributed by atoms with van der Waals surface area (Å²) in [6.07, 6.45) is 4.79. The van der Waals surface area contributed by atoms with Crippen molar-refractivity contribution in [3.63, 3.8) is 0 Å². The van der Waals surface area contributed by atoms with Crippen LogP contribution in [0.1, 0.15) is 43.1 Å². The number of carbonyl (C=O) groups is 2. The van der Waals surface area contributed by atoms with Gasteiger partial charge in [-0.1, -0.05) is 19.8 Å². The second-order valence-electron chi connectivity index (χ2n) is 5.11. The molecule has 1 saturated carbocycles. The molecule has 2 atom stereocenters. The number of aromatic nitrogens is 1. The number of aromatic amines is 1. The molecule has 2 rings (SSSR count). The third-order valence-corrected chi connectivity index (χ3v) is 4.37. The van der Waals surface area contributed by atoms with E-state index in [0.29, 0.717) is 12.1 Å². The first kappa shape index (κ1) is 14.1. The zero-order valence-electron chi connectivity index (χ0n) is 10.7. The largest absolute Gasteiger partial charge is 0.479 e. The number of aliphatic carboxylic acids is 1. The summed E-state index contributed by atoms with van der Waals surface area (Å²) in [5.74, 6) is -1.39. The molecule has 3 N–H and O–H groups in total. The zero-order valence-corrected chi connectivity index (χ0v) is 12.3. The highest BCUT2D eigenvalue weighted by atomic mass is 79.9. The van der Waals surface area contributed by atoms with Crippen LogP contribution in [-0.2, 0) is 4.79 Å². The first-order valence-electron chi connectivity index (χ1n) is 6.35. The van der Waals surface area contributed by atoms with E-state index in [1.807, 2.05) is 6.92 Å². The highest BCUT2D eigenvalue weighted by Crippen LogP contribution is 2.34. The SMILES string of the molecule is CC1CCCCC1(NC(=O)c1cc(Br)c[nH]1)C(=O)O. The summed E-state index contributed by atoms with van der Waals surface area (Å²) in [6, 6.07) is 1.64. The van der Waals surface area contributed by atoms with E-state index < -0.39 is 11.5 Å². The van der Waals surface area contributed by atoms with E-state index in [0.717, 1.165) is 23.7 Å². The fourth-order valence-electron chi connectivity index (χ4n) is 2.67. The number of carbonyl (C=O) groups excluding carboxylic acids is 1. The fraction of sp³-hybridized carbons (Fsp3) is 0.538. The Balaban J connectivity index is 2.21. The second kappa shape index (κ2) is 5.36. The van der Waals surface area contributed by atoms with E-state index >= 15 is 0 Å². The minimum atomic E-state index is -1.15. The maximum atomic E-state index is 12.2. The molecule has 104 valence electrons. The lowest BCUT2D eigenvalue weighted by atomic mass is 9.73. The third kappa shape index (κ3) is 2.68. The monoisotopic (exact) mass is 328 g/mol. The average Bonchev–Trinajstić information content (AvgIpc) is 2.78. The molecule has 0 aliphatic heterocycles. The van der Waals surface area contributed by atoms with Crippen LogP contribution < -0.4 is 5.32 Å². The number of rotatable bonds is 3. The van der Waals surface area contributed by atoms with Crippen molar-refractivity contribution in [2.45, 2.75) is 38.1 Å². The van der Waals surface area contributed by atoms with Gasteiger partial charge in [-0.05, 0) is 40.8 Å². The Morgan fingerprint density at radius 2 is 2.26 bits per heavy atom. The molecule has 5 nitrogen and oxygen atoms in total. The maximum Gasteiger partial charge on any atom is 0.329 e. The molecule has 0 aromatic carbocycles. The summed E-state index contributed by atoms with van der Waals surface area (Å²) in [4.78, 5) is 26.6. The molecule has 1 fully saturated rings. The summed E-state index contributed by atoms with van der Waals surface area (Å²) in [5, 5.41) is 12.2. The predicted octanol–water partition coefficient (Wildman–Crippen LogP) is 2.54. The van der Waals surface area contributed by atoms with E-state index in [4.69, 9.17) is 0 Å². The summed E-state index contributed by atoms with van der Waals surface area (Å²) < 4.78 is 0.763. The lowest BCUT2D eigenvalue weighted by Crippen LogP contribution is -2.60. The van der Waals surface area contributed by atoms with Crippen molar-refractivity contribution in [3.8, 4) is 0 Å². The van der Waals surface area contributed by atoms with Crippen molar-refractivity contribution in [1.29, 1.82) is 0 Å². The summed E-state index contributed by atoms with van der Waals surface area (Å²) in [5.41, 5.74) is -0.780. The zero-order chi connectivity index (χ0) is 14.0. The molecular formula is C13H17BrN2O3. The Kier molecular flexibility index (Phi) is 3.99. The van der Waals surface area contributed by atoms with Crippen LogP contribution in [0.4, 0.5) is 0 Å². The van der Waals surface area contributed by atoms with Gasteiger partial charge in [0.1, 0.15) is 11.2 Å². The smallest absolute Gasteiger partial charge is 0.329 e. The van der Waals surface area contributed by atoms with Gasteiger partial charge < -0.3 is 15.4 Å². The quantitative estimate of drug-likeness (QED) is 0.797. The van der Waals surface area contributed by atoms with Crippen LogP contribution in [0.25, 0.3) is 0 Å². The Labute approximate surface area is 119 Å². The molecule has 1 aromatic heterocycles. The van der Waals surface area contributed by atoms with Crippen molar-refractivity contribution >= 4 is 27.8 Å². The van der Waals surface area contributed by atoms with Gasteiger partial charge in [-0.15, -0.1) is 0 Å². The van der Waals surface area contributed by atoms with Crippen molar-refractivity contribution in [3.05, 3.63) is 22.4 Å². The van der Waals surface area contributed by atoms with Gasteiger partial charge in [0.05, 0.1) is 0 Å². The molecule has 1 amide bonds. The molecule has 6 heteroatoms. The van der Waals surface area contributed by atoms with E-state index in [1.165, 1.54) is 0 Å². The molecule has 1 heterocycles. The van der Waals surface area contributed by atoms with Crippen LogP contribution in [-0.4, -0.2) is 27.5 Å². The number of amides is 1. The average molecular weight is 329 g/mol. The van der Waals surface area contributed by atoms with Crippen molar-refractivity contribution in [1.82, 2.24) is 10.3 Å². The number of hydrogen-bond acceptors (Lipinski definition) is 2. The highest BCUT2D eigenvalue weighted by Gasteiger charge is 2.46. The second-order valence-corrected chi connectivity index (χ2v) is 6.02. The topological polar surface area (TPSA) is 82.2 Å². The van der Waals surface area contributed by atoms with Crippen LogP contribution >= 0.6 is 15.9 Å². The first-order valence-corrected chi connectivity index (χ1v) is 7.15. The van der Waals surface area contributed by atoms with Gasteiger partial charge in [-0.25, -0.2) is 4.79 Å². The molecule has 2 unspecified atom stereocenters. The van der Waals surface area contributed by atoms with Gasteiger partial charge in [0.15, 0.2) is 0 Å². The van der Waals surface area contributed by atoms with Crippen molar-refractivity contribution < 1.29 is 14.7 Å². The van der Waals surface area contributed by atoms with Crippen LogP contribution in [0.15, 0.2) is 16.7 Å². The Morgan fingerprint density at radius 1 is 1.53 bits per heavy atom. The van der Waals surface area contributed by atoms with E-state index in [2.05, 4.69) is 26.2 Å². The standard InChI is InChI=1S/C13H17BrN2O3/c1-8-4-2-3-5-13(8,12(18)19)16-11(17)10-6-9(14)7-15-10/h6-8,15H,2-5H2,1H3,(H,16,17)(H,18,19). The van der Waals surface area contributed by atoms with Crippen LogP contribution in [0.2, 0.25) is 0 Å². The highest BCUT2D eigenvalue weighted by molar-refractivity contribution is 9.10. The van der Waals surface area contributed by atoms with Gasteiger partial charge >= 0.3 is 5.97 Å². The molecule has 0 radical (unpaired) electrons. The summed E-state index contributed by atoms with van der Waals surface area (Å²) in [6.45, 7) is 1.89. The minimum absolute atomic E-state index is 0.0684. The maximum absolute atomic E-state index is 12.2. The number of hydrogen-bond donors (Lipinski definition) is 3. The van der Waals surface area contributed by atoms with Crippen LogP contribution in [0.5, 0.6) is 0 Å². The minimum Gasteiger partial charge on any atom is -0.479 e. The third-order valence-electron chi connectivity index (χ3n) is 3.91. The first-order chi connectivity index (χ1) is 8.95. The Morgan fingerprint density at radius 3 is 2.79 bits per heavy atom. The van der Waals surface area contributed by atoms with E-state index in [9.17, 15) is 14.7 Å². The van der Waals surface area contributed by atoms with Gasteiger partial charge in [0, 0.05) is 10.7 Å². The summed E-state index contributed by atoms with van der Waals surface area (Å²) in [7, 11) is 0. The van der Waals surface area contributed by atoms with E-state index in [1.54, 1.807) is 12.3 Å². The van der Waals surface area contributed by atoms with Crippen LogP contribution in [0, 0.1) is 5.92 Å². The lowest BCUT2D eigenvalue weighted by molar-refractivity contribution is -0.148. The molecule has 1 aliphatic carbocycles. The van der Waals surface area contributed by atoms with Gasteiger partial charge in [-0.2, -0.15) is 0 Å². The normalized spacial score (nSPS) is 26.9. The molecule has 1 aliphatic rings. The molecular weight excluding hydrogens is 312 g/mol. The van der Waals surface area contributed by atoms with Gasteiger partial charge in [0.2, 0.25) is 0 Å². The van der Waals surface area contributed by atoms with Gasteiger partial charge in [-0.3, -0.25) is 4.79 Å². The van der Waals surface area contributed by atoms with Crippen LogP contribution in [0.3, 0.4) is 0 Å². The van der Waals surface area contributed by atoms with Gasteiger partial charge in [0.25, 0.3) is 5.91 Å². The molecule has 1 aromatic rings. The molecule has 0 spiro atoms. The summed E-state index contributed by atoms with van der Waals surface area (Å²) >= 11 is 3.25. The predicted molar refractivity (Wildman–Crippen MR) is 74.0 cm³/mol. The van der Waals surface area contributed by atoms with Crippen molar-refractivity contribution in [2.24, 2.45) is 5.92 Å². The number of carboxylic acids is 1. The van der Waals surface area contributed by atoms with Crippen molar-refractivity contribution in [2.75, 3.05) is 0 Å². The number of H-pyrrole nitrogens is 1. The number of nitrogens with one attached hydrogen (secondary N) is 2. The lowest BCUT2D eigenvalue weighted by Gasteiger charge is -2.39. The van der Waals surface area contributed by atoms with E-state index in [-0.39, 0.29) is 11.8 Å².